The average Bonchev–Trinajstić information content (AvgIpc) is 2.95. The topological polar surface area (TPSA) is 78.7 Å². The summed E-state index contributed by atoms with van der Waals surface area (Å²) >= 11 is 0. The number of hydrogen-bond donors (Lipinski definition) is 1. The van der Waals surface area contributed by atoms with Crippen LogP contribution in [0, 0.1) is 17.8 Å². The lowest BCUT2D eigenvalue weighted by Crippen LogP contribution is -2.64. The predicted molar refractivity (Wildman–Crippen MR) is 170 cm³/mol. The van der Waals surface area contributed by atoms with Gasteiger partial charge in [-0.3, -0.25) is 14.3 Å². The summed E-state index contributed by atoms with van der Waals surface area (Å²) in [5.74, 6) is 4.27. The Morgan fingerprint density at radius 3 is 2.52 bits per heavy atom. The molecule has 0 amide bonds. The molecule has 4 bridgehead atoms. The van der Waals surface area contributed by atoms with Crippen LogP contribution in [-0.2, 0) is 4.57 Å². The monoisotopic (exact) mass is 590 g/mol. The largest absolute Gasteiger partial charge is 0.348 e. The highest BCUT2D eigenvalue weighted by molar-refractivity contribution is 7.65. The first-order valence-corrected chi connectivity index (χ1v) is 18.1. The number of benzene rings is 1. The molecule has 2 saturated heterocycles. The van der Waals surface area contributed by atoms with E-state index in [2.05, 4.69) is 36.0 Å². The molecule has 42 heavy (non-hydrogen) atoms. The molecule has 7 rings (SSSR count). The number of fused-ring (bicyclic) bond motifs is 5. The van der Waals surface area contributed by atoms with Gasteiger partial charge >= 0.3 is 0 Å². The van der Waals surface area contributed by atoms with E-state index >= 15 is 0 Å². The van der Waals surface area contributed by atoms with E-state index in [4.69, 9.17) is 4.98 Å². The fourth-order valence-corrected chi connectivity index (χ4v) is 11.1. The zero-order valence-electron chi connectivity index (χ0n) is 25.3. The molecule has 7 nitrogen and oxygen atoms in total. The van der Waals surface area contributed by atoms with E-state index in [9.17, 15) is 14.3 Å². The number of anilines is 1. The SMILES string of the molecule is C=CP(=O)(O)C1=CCN(c2nc3ccccc3n([C@@H]3C[C@@H]4CCC[C@](C)(C3)N4C3C[C@H]4CC(C)C[C@@H](C3)C4)c2=O)CC1. The highest BCUT2D eigenvalue weighted by atomic mass is 31.2. The van der Waals surface area contributed by atoms with Gasteiger partial charge in [-0.2, -0.15) is 0 Å². The summed E-state index contributed by atoms with van der Waals surface area (Å²) in [7, 11) is -3.51. The Morgan fingerprint density at radius 2 is 1.83 bits per heavy atom. The van der Waals surface area contributed by atoms with Crippen molar-refractivity contribution in [3.05, 3.63) is 58.4 Å². The smallest absolute Gasteiger partial charge is 0.294 e. The Kier molecular flexibility index (Phi) is 7.31. The van der Waals surface area contributed by atoms with Crippen LogP contribution in [0.15, 0.2) is 52.8 Å². The van der Waals surface area contributed by atoms with E-state index in [0.29, 0.717) is 42.7 Å². The first-order valence-electron chi connectivity index (χ1n) is 16.4. The van der Waals surface area contributed by atoms with Crippen LogP contribution in [-0.4, -0.2) is 50.1 Å². The molecule has 3 unspecified atom stereocenters. The molecule has 2 aromatic rings. The van der Waals surface area contributed by atoms with Gasteiger partial charge in [0.05, 0.1) is 11.0 Å². The lowest BCUT2D eigenvalue weighted by molar-refractivity contribution is -0.100. The van der Waals surface area contributed by atoms with Crippen molar-refractivity contribution in [3.8, 4) is 0 Å². The maximum Gasteiger partial charge on any atom is 0.294 e. The first-order chi connectivity index (χ1) is 20.1. The molecule has 5 aliphatic rings. The van der Waals surface area contributed by atoms with Crippen LogP contribution < -0.4 is 10.5 Å². The zero-order valence-corrected chi connectivity index (χ0v) is 26.2. The van der Waals surface area contributed by atoms with Crippen molar-refractivity contribution in [3.63, 3.8) is 0 Å². The third-order valence-corrected chi connectivity index (χ3v) is 13.2. The van der Waals surface area contributed by atoms with Gasteiger partial charge in [0, 0.05) is 42.1 Å². The van der Waals surface area contributed by atoms with Crippen LogP contribution in [0.3, 0.4) is 0 Å². The molecule has 4 heterocycles. The molecule has 1 aromatic heterocycles. The number of para-hydroxylation sites is 2. The normalized spacial score (nSPS) is 36.7. The van der Waals surface area contributed by atoms with E-state index in [1.54, 1.807) is 6.08 Å². The summed E-state index contributed by atoms with van der Waals surface area (Å²) < 4.78 is 14.6. The highest BCUT2D eigenvalue weighted by Gasteiger charge is 2.51. The van der Waals surface area contributed by atoms with E-state index in [0.717, 1.165) is 47.4 Å². The Labute approximate surface area is 250 Å². The van der Waals surface area contributed by atoms with Crippen molar-refractivity contribution in [1.82, 2.24) is 14.5 Å². The van der Waals surface area contributed by atoms with Crippen LogP contribution in [0.25, 0.3) is 11.0 Å². The minimum atomic E-state index is -3.51. The van der Waals surface area contributed by atoms with Crippen LogP contribution >= 0.6 is 7.37 Å². The van der Waals surface area contributed by atoms with Crippen LogP contribution in [0.2, 0.25) is 0 Å². The third kappa shape index (κ3) is 4.94. The second-order valence-corrected chi connectivity index (χ2v) is 16.7. The van der Waals surface area contributed by atoms with Crippen LogP contribution in [0.1, 0.15) is 90.5 Å². The maximum absolute atomic E-state index is 14.4. The molecule has 0 radical (unpaired) electrons. The molecule has 226 valence electrons. The van der Waals surface area contributed by atoms with Gasteiger partial charge in [-0.15, -0.1) is 0 Å². The summed E-state index contributed by atoms with van der Waals surface area (Å²) in [5, 5.41) is 0.518. The van der Waals surface area contributed by atoms with Crippen molar-refractivity contribution >= 4 is 24.2 Å². The molecule has 8 heteroatoms. The van der Waals surface area contributed by atoms with Gasteiger partial charge < -0.3 is 14.4 Å². The van der Waals surface area contributed by atoms with Crippen molar-refractivity contribution in [1.29, 1.82) is 0 Å². The molecular formula is C34H47N4O3P. The molecule has 1 N–H and O–H groups in total. The maximum atomic E-state index is 14.4. The van der Waals surface area contributed by atoms with Gasteiger partial charge in [-0.25, -0.2) is 4.98 Å². The zero-order chi connectivity index (χ0) is 29.2. The summed E-state index contributed by atoms with van der Waals surface area (Å²) in [6.07, 6.45) is 14.9. The highest BCUT2D eigenvalue weighted by Crippen LogP contribution is 2.54. The molecule has 2 aliphatic carbocycles. The van der Waals surface area contributed by atoms with Gasteiger partial charge in [0.1, 0.15) is 0 Å². The molecule has 4 fully saturated rings. The summed E-state index contributed by atoms with van der Waals surface area (Å²) in [6, 6.07) is 9.42. The second kappa shape index (κ2) is 10.7. The van der Waals surface area contributed by atoms with E-state index in [-0.39, 0.29) is 17.1 Å². The van der Waals surface area contributed by atoms with Crippen molar-refractivity contribution in [2.75, 3.05) is 18.0 Å². The molecular weight excluding hydrogens is 543 g/mol. The molecule has 0 spiro atoms. The third-order valence-electron chi connectivity index (χ3n) is 11.5. The van der Waals surface area contributed by atoms with Crippen molar-refractivity contribution in [2.24, 2.45) is 17.8 Å². The van der Waals surface area contributed by atoms with Gasteiger partial charge in [0.25, 0.3) is 5.56 Å². The van der Waals surface area contributed by atoms with Crippen LogP contribution in [0.4, 0.5) is 5.82 Å². The minimum absolute atomic E-state index is 0.0252. The van der Waals surface area contributed by atoms with Crippen LogP contribution in [0.5, 0.6) is 0 Å². The minimum Gasteiger partial charge on any atom is -0.348 e. The number of piperidine rings is 2. The van der Waals surface area contributed by atoms with E-state index in [1.807, 2.05) is 23.1 Å². The number of hydrogen-bond acceptors (Lipinski definition) is 5. The summed E-state index contributed by atoms with van der Waals surface area (Å²) in [6.45, 7) is 9.39. The Morgan fingerprint density at radius 1 is 1.07 bits per heavy atom. The van der Waals surface area contributed by atoms with Crippen molar-refractivity contribution < 1.29 is 9.46 Å². The van der Waals surface area contributed by atoms with Gasteiger partial charge in [0.2, 0.25) is 7.37 Å². The molecule has 1 aromatic carbocycles. The van der Waals surface area contributed by atoms with Gasteiger partial charge in [-0.05, 0) is 107 Å². The second-order valence-electron chi connectivity index (χ2n) is 14.5. The Bertz CT molecular complexity index is 1500. The molecule has 3 aliphatic heterocycles. The van der Waals surface area contributed by atoms with Crippen molar-refractivity contribution in [2.45, 2.75) is 108 Å². The number of nitrogens with zero attached hydrogens (tertiary/aromatic N) is 4. The Hall–Kier alpha value is -2.21. The van der Waals surface area contributed by atoms with E-state index in [1.165, 1.54) is 51.4 Å². The van der Waals surface area contributed by atoms with Gasteiger partial charge in [0.15, 0.2) is 5.82 Å². The number of aromatic nitrogens is 2. The fraction of sp³-hybridized carbons (Fsp3) is 0.647. The quantitative estimate of drug-likeness (QED) is 0.376. The summed E-state index contributed by atoms with van der Waals surface area (Å²) in [4.78, 5) is 34.5. The first kappa shape index (κ1) is 28.6. The lowest BCUT2D eigenvalue weighted by Gasteiger charge is -2.61. The van der Waals surface area contributed by atoms with E-state index < -0.39 is 7.37 Å². The predicted octanol–water partition coefficient (Wildman–Crippen LogP) is 7.07. The Balaban J connectivity index is 1.22. The molecule has 8 atom stereocenters. The van der Waals surface area contributed by atoms with Gasteiger partial charge in [-0.1, -0.05) is 38.1 Å². The average molecular weight is 591 g/mol. The standard InChI is InChI=1S/C34H47N4O3P/c1-4-42(40,41)29-11-14-36(15-12-29)32-33(39)37(31-10-6-5-9-30(31)35-32)28-21-26-8-7-13-34(3,22-28)38(26)27-19-24-16-23(2)17-25(18-24)20-27/h4-6,9-11,23-28H,1,7-8,12-22H2,2-3H3,(H,40,41)/t23?,24-,25+,26-,27?,28+,34+/m0/s1. The fourth-order valence-electron chi connectivity index (χ4n) is 10.1. The number of rotatable bonds is 5. The molecule has 2 saturated carbocycles. The lowest BCUT2D eigenvalue weighted by atomic mass is 9.64. The summed E-state index contributed by atoms with van der Waals surface area (Å²) in [5.41, 5.74) is 1.84.